The van der Waals surface area contributed by atoms with E-state index in [1.807, 2.05) is 24.4 Å². The molecule has 2 N–H and O–H groups in total. The molecule has 0 aliphatic carbocycles. The number of fused-ring (bicyclic) bond motifs is 1. The Morgan fingerprint density at radius 2 is 2.38 bits per heavy atom. The van der Waals surface area contributed by atoms with Crippen molar-refractivity contribution in [3.63, 3.8) is 0 Å². The number of rotatable bonds is 3. The summed E-state index contributed by atoms with van der Waals surface area (Å²) in [5.74, 6) is 0.683. The van der Waals surface area contributed by atoms with E-state index < -0.39 is 0 Å². The molecule has 1 fully saturated rings. The summed E-state index contributed by atoms with van der Waals surface area (Å²) >= 11 is 0. The van der Waals surface area contributed by atoms with Crippen molar-refractivity contribution < 1.29 is 4.79 Å². The molecular weight excluding hydrogens is 266 g/mol. The van der Waals surface area contributed by atoms with Crippen LogP contribution in [0.2, 0.25) is 0 Å². The van der Waals surface area contributed by atoms with Crippen molar-refractivity contribution >= 4 is 17.4 Å². The number of carbonyl (C=O) groups is 1. The van der Waals surface area contributed by atoms with Crippen molar-refractivity contribution in [1.29, 1.82) is 5.26 Å². The molecule has 2 aromatic rings. The van der Waals surface area contributed by atoms with Crippen molar-refractivity contribution in [1.82, 2.24) is 9.38 Å². The number of piperidine rings is 1. The van der Waals surface area contributed by atoms with Gasteiger partial charge in [-0.25, -0.2) is 4.98 Å². The first kappa shape index (κ1) is 13.4. The highest BCUT2D eigenvalue weighted by molar-refractivity contribution is 5.74. The number of amides is 1. The van der Waals surface area contributed by atoms with Crippen LogP contribution in [0.5, 0.6) is 0 Å². The lowest BCUT2D eigenvalue weighted by Gasteiger charge is -2.32. The van der Waals surface area contributed by atoms with E-state index >= 15 is 0 Å². The smallest absolute Gasteiger partial charge is 0.217 e. The summed E-state index contributed by atoms with van der Waals surface area (Å²) in [6, 6.07) is 7.91. The Hall–Kier alpha value is -2.55. The molecule has 0 unspecified atom stereocenters. The van der Waals surface area contributed by atoms with Gasteiger partial charge in [0.2, 0.25) is 5.91 Å². The number of pyridine rings is 1. The molecule has 3 rings (SSSR count). The van der Waals surface area contributed by atoms with Crippen LogP contribution in [-0.2, 0) is 4.79 Å². The van der Waals surface area contributed by atoms with Gasteiger partial charge in [0.05, 0.1) is 0 Å². The second kappa shape index (κ2) is 5.44. The Labute approximate surface area is 122 Å². The van der Waals surface area contributed by atoms with Crippen molar-refractivity contribution in [3.05, 3.63) is 30.1 Å². The fourth-order valence-electron chi connectivity index (χ4n) is 3.02. The third-order valence-corrected chi connectivity index (χ3v) is 3.93. The number of nitriles is 1. The second-order valence-electron chi connectivity index (χ2n) is 5.45. The maximum Gasteiger partial charge on any atom is 0.217 e. The van der Waals surface area contributed by atoms with Gasteiger partial charge in [-0.3, -0.25) is 9.20 Å². The Bertz CT molecular complexity index is 714. The molecule has 0 aromatic carbocycles. The summed E-state index contributed by atoms with van der Waals surface area (Å²) in [5.41, 5.74) is 6.61. The number of hydrogen-bond donors (Lipinski definition) is 1. The van der Waals surface area contributed by atoms with Crippen LogP contribution in [0.15, 0.2) is 24.4 Å². The lowest BCUT2D eigenvalue weighted by molar-refractivity contribution is -0.118. The van der Waals surface area contributed by atoms with Crippen molar-refractivity contribution in [2.45, 2.75) is 19.3 Å². The van der Waals surface area contributed by atoms with E-state index in [0.29, 0.717) is 17.9 Å². The number of nitrogens with zero attached hydrogens (tertiary/aromatic N) is 4. The van der Waals surface area contributed by atoms with E-state index in [1.54, 1.807) is 4.40 Å². The van der Waals surface area contributed by atoms with Gasteiger partial charge in [-0.15, -0.1) is 0 Å². The monoisotopic (exact) mass is 283 g/mol. The highest BCUT2D eigenvalue weighted by Gasteiger charge is 2.25. The van der Waals surface area contributed by atoms with E-state index in [9.17, 15) is 10.1 Å². The zero-order valence-corrected chi connectivity index (χ0v) is 11.7. The van der Waals surface area contributed by atoms with E-state index in [4.69, 9.17) is 5.73 Å². The zero-order valence-electron chi connectivity index (χ0n) is 11.7. The van der Waals surface area contributed by atoms with Crippen molar-refractivity contribution in [3.8, 4) is 6.07 Å². The van der Waals surface area contributed by atoms with Crippen molar-refractivity contribution in [2.75, 3.05) is 18.0 Å². The molecule has 1 amide bonds. The minimum Gasteiger partial charge on any atom is -0.370 e. The number of primary amides is 1. The topological polar surface area (TPSA) is 87.4 Å². The van der Waals surface area contributed by atoms with Gasteiger partial charge in [0, 0.05) is 25.7 Å². The van der Waals surface area contributed by atoms with E-state index in [2.05, 4.69) is 16.0 Å². The van der Waals surface area contributed by atoms with Gasteiger partial charge in [-0.2, -0.15) is 5.26 Å². The Morgan fingerprint density at radius 1 is 1.52 bits per heavy atom. The zero-order chi connectivity index (χ0) is 14.8. The lowest BCUT2D eigenvalue weighted by Crippen LogP contribution is -2.37. The number of aromatic nitrogens is 2. The maximum atomic E-state index is 11.1. The van der Waals surface area contributed by atoms with Crippen LogP contribution < -0.4 is 10.6 Å². The molecule has 1 aliphatic heterocycles. The van der Waals surface area contributed by atoms with E-state index in [0.717, 1.165) is 31.6 Å². The molecule has 0 spiro atoms. The fraction of sp³-hybridized carbons (Fsp3) is 0.400. The molecule has 108 valence electrons. The Balaban J connectivity index is 1.93. The van der Waals surface area contributed by atoms with Gasteiger partial charge >= 0.3 is 0 Å². The van der Waals surface area contributed by atoms with Crippen LogP contribution in [-0.4, -0.2) is 28.4 Å². The minimum absolute atomic E-state index is 0.243. The summed E-state index contributed by atoms with van der Waals surface area (Å²) in [5, 5.41) is 9.44. The summed E-state index contributed by atoms with van der Waals surface area (Å²) in [6.45, 7) is 1.58. The van der Waals surface area contributed by atoms with Gasteiger partial charge < -0.3 is 10.6 Å². The first-order valence-corrected chi connectivity index (χ1v) is 7.09. The molecule has 1 aliphatic rings. The molecule has 6 nitrogen and oxygen atoms in total. The van der Waals surface area contributed by atoms with Crippen LogP contribution in [0, 0.1) is 17.2 Å². The highest BCUT2D eigenvalue weighted by atomic mass is 16.1. The summed E-state index contributed by atoms with van der Waals surface area (Å²) in [6.07, 6.45) is 4.21. The summed E-state index contributed by atoms with van der Waals surface area (Å²) in [7, 11) is 0. The molecule has 21 heavy (non-hydrogen) atoms. The quantitative estimate of drug-likeness (QED) is 0.919. The average molecular weight is 283 g/mol. The number of imidazole rings is 1. The van der Waals surface area contributed by atoms with Crippen molar-refractivity contribution in [2.24, 2.45) is 11.7 Å². The van der Waals surface area contributed by atoms with Gasteiger partial charge in [-0.05, 0) is 30.9 Å². The molecule has 0 bridgehead atoms. The molecule has 1 saturated heterocycles. The number of carbonyl (C=O) groups excluding carboxylic acids is 1. The predicted molar refractivity (Wildman–Crippen MR) is 78.7 cm³/mol. The normalized spacial score (nSPS) is 18.6. The summed E-state index contributed by atoms with van der Waals surface area (Å²) in [4.78, 5) is 17.8. The standard InChI is InChI=1S/C15H17N5O/c16-9-12-15(18-14-5-1-2-7-20(12)14)19-6-3-4-11(10-19)8-13(17)21/h1-2,5,7,11H,3-4,6,8,10H2,(H2,17,21)/t11-/m1/s1. The van der Waals surface area contributed by atoms with Gasteiger partial charge in [0.1, 0.15) is 11.7 Å². The first-order chi connectivity index (χ1) is 10.2. The molecule has 0 radical (unpaired) electrons. The summed E-state index contributed by atoms with van der Waals surface area (Å²) < 4.78 is 1.80. The van der Waals surface area contributed by atoms with E-state index in [1.165, 1.54) is 0 Å². The van der Waals surface area contributed by atoms with E-state index in [-0.39, 0.29) is 11.8 Å². The lowest BCUT2D eigenvalue weighted by atomic mass is 9.94. The number of hydrogen-bond acceptors (Lipinski definition) is 4. The van der Waals surface area contributed by atoms with Gasteiger partial charge in [-0.1, -0.05) is 6.07 Å². The van der Waals surface area contributed by atoms with Crippen LogP contribution in [0.1, 0.15) is 25.0 Å². The van der Waals surface area contributed by atoms with Crippen LogP contribution >= 0.6 is 0 Å². The first-order valence-electron chi connectivity index (χ1n) is 7.09. The van der Waals surface area contributed by atoms with Crippen LogP contribution in [0.25, 0.3) is 5.65 Å². The third kappa shape index (κ3) is 2.55. The second-order valence-corrected chi connectivity index (χ2v) is 5.45. The highest BCUT2D eigenvalue weighted by Crippen LogP contribution is 2.27. The number of nitrogens with two attached hydrogens (primary N) is 1. The van der Waals surface area contributed by atoms with Gasteiger partial charge in [0.25, 0.3) is 0 Å². The SMILES string of the molecule is N#Cc1c(N2CCC[C@H](CC(N)=O)C2)nc2ccccn12. The predicted octanol–water partition coefficient (Wildman–Crippen LogP) is 1.30. The fourth-order valence-corrected chi connectivity index (χ4v) is 3.02. The molecule has 2 aromatic heterocycles. The Kier molecular flexibility index (Phi) is 3.48. The maximum absolute atomic E-state index is 11.1. The molecule has 0 saturated carbocycles. The molecule has 3 heterocycles. The average Bonchev–Trinajstić information content (AvgIpc) is 2.85. The minimum atomic E-state index is -0.266. The van der Waals surface area contributed by atoms with Crippen LogP contribution in [0.4, 0.5) is 5.82 Å². The van der Waals surface area contributed by atoms with Crippen LogP contribution in [0.3, 0.4) is 0 Å². The molecule has 6 heteroatoms. The Morgan fingerprint density at radius 3 is 3.14 bits per heavy atom. The van der Waals surface area contributed by atoms with Gasteiger partial charge in [0.15, 0.2) is 11.5 Å². The molecule has 1 atom stereocenters. The number of anilines is 1. The largest absolute Gasteiger partial charge is 0.370 e. The third-order valence-electron chi connectivity index (χ3n) is 3.93. The molecular formula is C15H17N5O.